The molecule has 0 atom stereocenters. The topological polar surface area (TPSA) is 30.7 Å². The van der Waals surface area contributed by atoms with Gasteiger partial charge in [-0.25, -0.2) is 14.1 Å². The Morgan fingerprint density at radius 3 is 2.87 bits per heavy atom. The molecule has 1 aromatic carbocycles. The maximum Gasteiger partial charge on any atom is 0.142 e. The van der Waals surface area contributed by atoms with Gasteiger partial charge in [0.1, 0.15) is 18.0 Å². The van der Waals surface area contributed by atoms with Crippen LogP contribution in [0.1, 0.15) is 11.4 Å². The molecule has 1 heterocycles. The standard InChI is InChI=1S/C10H9ClFN3/c11-5-10-13-7-14-15(10)6-8-3-1-2-4-9(8)12/h1-4,7H,5-6H2. The SMILES string of the molecule is Fc1ccccc1Cn1ncnc1CCl. The molecule has 0 N–H and O–H groups in total. The molecule has 5 heteroatoms. The first kappa shape index (κ1) is 10.1. The highest BCUT2D eigenvalue weighted by Crippen LogP contribution is 2.09. The lowest BCUT2D eigenvalue weighted by molar-refractivity contribution is 0.578. The minimum absolute atomic E-state index is 0.242. The molecular weight excluding hydrogens is 217 g/mol. The molecule has 1 aromatic heterocycles. The van der Waals surface area contributed by atoms with Crippen LogP contribution in [0.3, 0.4) is 0 Å². The molecule has 78 valence electrons. The molecule has 0 saturated heterocycles. The highest BCUT2D eigenvalue weighted by molar-refractivity contribution is 6.16. The van der Waals surface area contributed by atoms with Gasteiger partial charge in [-0.15, -0.1) is 11.6 Å². The molecule has 0 unspecified atom stereocenters. The molecule has 0 amide bonds. The predicted octanol–water partition coefficient (Wildman–Crippen LogP) is 2.20. The molecule has 0 bridgehead atoms. The fraction of sp³-hybridized carbons (Fsp3) is 0.200. The van der Waals surface area contributed by atoms with Crippen LogP contribution in [-0.4, -0.2) is 14.8 Å². The van der Waals surface area contributed by atoms with Gasteiger partial charge >= 0.3 is 0 Å². The molecule has 0 saturated carbocycles. The Balaban J connectivity index is 2.26. The summed E-state index contributed by atoms with van der Waals surface area (Å²) in [5.41, 5.74) is 0.578. The van der Waals surface area contributed by atoms with Gasteiger partial charge in [0.15, 0.2) is 0 Å². The summed E-state index contributed by atoms with van der Waals surface area (Å²) >= 11 is 5.66. The van der Waals surface area contributed by atoms with Crippen molar-refractivity contribution in [2.24, 2.45) is 0 Å². The number of hydrogen-bond acceptors (Lipinski definition) is 2. The predicted molar refractivity (Wildman–Crippen MR) is 55.1 cm³/mol. The van der Waals surface area contributed by atoms with Crippen LogP contribution < -0.4 is 0 Å². The monoisotopic (exact) mass is 225 g/mol. The number of nitrogens with zero attached hydrogens (tertiary/aromatic N) is 3. The molecule has 2 aromatic rings. The van der Waals surface area contributed by atoms with Crippen molar-refractivity contribution in [3.63, 3.8) is 0 Å². The first-order chi connectivity index (χ1) is 7.31. The van der Waals surface area contributed by atoms with Crippen LogP contribution in [0.4, 0.5) is 4.39 Å². The van der Waals surface area contributed by atoms with E-state index >= 15 is 0 Å². The number of hydrogen-bond donors (Lipinski definition) is 0. The third kappa shape index (κ3) is 2.15. The van der Waals surface area contributed by atoms with Crippen LogP contribution in [0.2, 0.25) is 0 Å². The molecule has 3 nitrogen and oxygen atoms in total. The third-order valence-electron chi connectivity index (χ3n) is 2.09. The molecule has 0 aliphatic rings. The molecule has 2 rings (SSSR count). The smallest absolute Gasteiger partial charge is 0.142 e. The fourth-order valence-electron chi connectivity index (χ4n) is 1.31. The second-order valence-corrected chi connectivity index (χ2v) is 3.33. The lowest BCUT2D eigenvalue weighted by Crippen LogP contribution is -2.07. The van der Waals surface area contributed by atoms with Crippen molar-refractivity contribution in [2.75, 3.05) is 0 Å². The summed E-state index contributed by atoms with van der Waals surface area (Å²) in [6, 6.07) is 6.58. The number of rotatable bonds is 3. The summed E-state index contributed by atoms with van der Waals surface area (Å²) in [5.74, 6) is 0.669. The largest absolute Gasteiger partial charge is 0.244 e. The molecule has 0 radical (unpaired) electrons. The van der Waals surface area contributed by atoms with Gasteiger partial charge in [-0.3, -0.25) is 0 Å². The van der Waals surface area contributed by atoms with Gasteiger partial charge in [-0.1, -0.05) is 18.2 Å². The van der Waals surface area contributed by atoms with E-state index in [1.54, 1.807) is 22.9 Å². The van der Waals surface area contributed by atoms with Gasteiger partial charge in [0.25, 0.3) is 0 Å². The van der Waals surface area contributed by atoms with Crippen molar-refractivity contribution in [3.8, 4) is 0 Å². The quantitative estimate of drug-likeness (QED) is 0.750. The van der Waals surface area contributed by atoms with E-state index in [-0.39, 0.29) is 11.7 Å². The Labute approximate surface area is 91.5 Å². The van der Waals surface area contributed by atoms with E-state index in [4.69, 9.17) is 11.6 Å². The van der Waals surface area contributed by atoms with E-state index in [2.05, 4.69) is 10.1 Å². The van der Waals surface area contributed by atoms with Gasteiger partial charge in [0, 0.05) is 5.56 Å². The van der Waals surface area contributed by atoms with Gasteiger partial charge in [0.05, 0.1) is 12.4 Å². The lowest BCUT2D eigenvalue weighted by atomic mass is 10.2. The number of alkyl halides is 1. The first-order valence-electron chi connectivity index (χ1n) is 4.47. The average molecular weight is 226 g/mol. The highest BCUT2D eigenvalue weighted by atomic mass is 35.5. The average Bonchev–Trinajstić information content (AvgIpc) is 2.69. The van der Waals surface area contributed by atoms with E-state index in [1.807, 2.05) is 0 Å². The highest BCUT2D eigenvalue weighted by Gasteiger charge is 2.06. The van der Waals surface area contributed by atoms with E-state index < -0.39 is 0 Å². The Bertz CT molecular complexity index is 455. The van der Waals surface area contributed by atoms with Crippen molar-refractivity contribution < 1.29 is 4.39 Å². The van der Waals surface area contributed by atoms with Gasteiger partial charge in [-0.2, -0.15) is 5.10 Å². The molecule has 0 aliphatic carbocycles. The third-order valence-corrected chi connectivity index (χ3v) is 2.33. The molecule has 15 heavy (non-hydrogen) atoms. The zero-order valence-corrected chi connectivity index (χ0v) is 8.65. The van der Waals surface area contributed by atoms with Gasteiger partial charge in [-0.05, 0) is 6.07 Å². The molecule has 0 spiro atoms. The second kappa shape index (κ2) is 4.40. The Morgan fingerprint density at radius 2 is 2.13 bits per heavy atom. The zero-order chi connectivity index (χ0) is 10.7. The maximum atomic E-state index is 13.3. The molecule has 0 fully saturated rings. The van der Waals surface area contributed by atoms with Gasteiger partial charge < -0.3 is 0 Å². The van der Waals surface area contributed by atoms with Crippen molar-refractivity contribution in [3.05, 3.63) is 47.8 Å². The van der Waals surface area contributed by atoms with E-state index in [1.165, 1.54) is 12.4 Å². The molecular formula is C10H9ClFN3. The van der Waals surface area contributed by atoms with E-state index in [0.717, 1.165) is 0 Å². The second-order valence-electron chi connectivity index (χ2n) is 3.06. The summed E-state index contributed by atoms with van der Waals surface area (Å²) in [6.07, 6.45) is 1.42. The summed E-state index contributed by atoms with van der Waals surface area (Å²) in [4.78, 5) is 3.96. The number of aromatic nitrogens is 3. The lowest BCUT2D eigenvalue weighted by Gasteiger charge is -2.04. The van der Waals surface area contributed by atoms with Crippen molar-refractivity contribution in [2.45, 2.75) is 12.4 Å². The van der Waals surface area contributed by atoms with Crippen molar-refractivity contribution in [1.82, 2.24) is 14.8 Å². The Kier molecular flexibility index (Phi) is 2.97. The molecule has 0 aliphatic heterocycles. The number of benzene rings is 1. The summed E-state index contributed by atoms with van der Waals surface area (Å²) in [5, 5.41) is 3.98. The van der Waals surface area contributed by atoms with Crippen molar-refractivity contribution in [1.29, 1.82) is 0 Å². The van der Waals surface area contributed by atoms with Crippen LogP contribution >= 0.6 is 11.6 Å². The Hall–Kier alpha value is -1.42. The normalized spacial score (nSPS) is 10.5. The minimum atomic E-state index is -0.242. The summed E-state index contributed by atoms with van der Waals surface area (Å²) < 4.78 is 14.9. The van der Waals surface area contributed by atoms with Crippen molar-refractivity contribution >= 4 is 11.6 Å². The van der Waals surface area contributed by atoms with E-state index in [0.29, 0.717) is 17.9 Å². The van der Waals surface area contributed by atoms with Crippen LogP contribution in [0.25, 0.3) is 0 Å². The van der Waals surface area contributed by atoms with E-state index in [9.17, 15) is 4.39 Å². The summed E-state index contributed by atoms with van der Waals surface area (Å²) in [7, 11) is 0. The Morgan fingerprint density at radius 1 is 1.33 bits per heavy atom. The van der Waals surface area contributed by atoms with Crippen LogP contribution in [0.15, 0.2) is 30.6 Å². The number of halogens is 2. The fourth-order valence-corrected chi connectivity index (χ4v) is 1.52. The van der Waals surface area contributed by atoms with Crippen LogP contribution in [0.5, 0.6) is 0 Å². The van der Waals surface area contributed by atoms with Gasteiger partial charge in [0.2, 0.25) is 0 Å². The minimum Gasteiger partial charge on any atom is -0.244 e. The van der Waals surface area contributed by atoms with Crippen LogP contribution in [0, 0.1) is 5.82 Å². The zero-order valence-electron chi connectivity index (χ0n) is 7.90. The first-order valence-corrected chi connectivity index (χ1v) is 5.01. The summed E-state index contributed by atoms with van der Waals surface area (Å²) in [6.45, 7) is 0.356. The maximum absolute atomic E-state index is 13.3. The van der Waals surface area contributed by atoms with Crippen LogP contribution in [-0.2, 0) is 12.4 Å².